The quantitative estimate of drug-likeness (QED) is 0.669. The average molecular weight is 444 g/mol. The van der Waals surface area contributed by atoms with Crippen molar-refractivity contribution < 1.29 is 13.2 Å². The smallest absolute Gasteiger partial charge is 0.253 e. The Labute approximate surface area is 186 Å². The molecular weight excluding hydrogens is 410 g/mol. The number of nitrogens with zero attached hydrogens (tertiary/aromatic N) is 2. The zero-order chi connectivity index (χ0) is 22.4. The Morgan fingerprint density at radius 3 is 2.23 bits per heavy atom. The summed E-state index contributed by atoms with van der Waals surface area (Å²) in [5.41, 5.74) is 2.77. The maximum atomic E-state index is 12.8. The molecule has 0 aromatic heterocycles. The van der Waals surface area contributed by atoms with Crippen molar-refractivity contribution in [3.8, 4) is 0 Å². The van der Waals surface area contributed by atoms with Gasteiger partial charge in [-0.15, -0.1) is 0 Å². The van der Waals surface area contributed by atoms with Gasteiger partial charge in [-0.2, -0.15) is 0 Å². The van der Waals surface area contributed by atoms with Crippen LogP contribution in [0.3, 0.4) is 0 Å². The first-order valence-corrected chi connectivity index (χ1v) is 12.5. The van der Waals surface area contributed by atoms with Gasteiger partial charge in [-0.05, 0) is 74.6 Å². The lowest BCUT2D eigenvalue weighted by Crippen LogP contribution is -2.32. The van der Waals surface area contributed by atoms with E-state index >= 15 is 0 Å². The van der Waals surface area contributed by atoms with E-state index in [4.69, 9.17) is 0 Å². The maximum Gasteiger partial charge on any atom is 0.253 e. The molecule has 1 fully saturated rings. The van der Waals surface area contributed by atoms with Crippen molar-refractivity contribution in [3.63, 3.8) is 0 Å². The lowest BCUT2D eigenvalue weighted by atomic mass is 10.1. The van der Waals surface area contributed by atoms with E-state index in [1.807, 2.05) is 13.8 Å². The van der Waals surface area contributed by atoms with E-state index in [0.717, 1.165) is 18.7 Å². The first-order valence-electron chi connectivity index (χ1n) is 11.0. The van der Waals surface area contributed by atoms with Crippen molar-refractivity contribution in [3.05, 3.63) is 59.7 Å². The molecule has 1 aliphatic rings. The van der Waals surface area contributed by atoms with Crippen molar-refractivity contribution in [1.82, 2.24) is 9.62 Å². The van der Waals surface area contributed by atoms with Gasteiger partial charge in [0.2, 0.25) is 10.0 Å². The molecule has 7 heteroatoms. The molecule has 1 atom stereocenters. The fraction of sp³-hybridized carbons (Fsp3) is 0.458. The lowest BCUT2D eigenvalue weighted by Gasteiger charge is -2.29. The van der Waals surface area contributed by atoms with E-state index in [0.29, 0.717) is 18.5 Å². The molecule has 168 valence electrons. The second-order valence-electron chi connectivity index (χ2n) is 8.33. The molecule has 0 saturated carbocycles. The van der Waals surface area contributed by atoms with E-state index in [9.17, 15) is 13.2 Å². The van der Waals surface area contributed by atoms with Crippen molar-refractivity contribution in [1.29, 1.82) is 0 Å². The van der Waals surface area contributed by atoms with Crippen molar-refractivity contribution in [2.24, 2.45) is 0 Å². The zero-order valence-electron chi connectivity index (χ0n) is 18.7. The molecule has 31 heavy (non-hydrogen) atoms. The number of hydrogen-bond donors (Lipinski definition) is 1. The van der Waals surface area contributed by atoms with Gasteiger partial charge in [0.05, 0.1) is 4.90 Å². The Morgan fingerprint density at radius 1 is 1.03 bits per heavy atom. The van der Waals surface area contributed by atoms with Gasteiger partial charge in [-0.1, -0.05) is 19.1 Å². The molecule has 1 N–H and O–H groups in total. The SMILES string of the molecule is CCC(C)NS(=O)(=O)c1ccc(C(=O)N(C)Cc2ccc(N3CCCCC3)cc2)cc1. The number of sulfonamides is 1. The van der Waals surface area contributed by atoms with Crippen LogP contribution in [0.1, 0.15) is 55.5 Å². The fourth-order valence-corrected chi connectivity index (χ4v) is 5.05. The molecular formula is C24H33N3O3S. The number of anilines is 1. The third-order valence-corrected chi connectivity index (χ3v) is 7.41. The Balaban J connectivity index is 1.62. The minimum atomic E-state index is -3.58. The summed E-state index contributed by atoms with van der Waals surface area (Å²) in [4.78, 5) is 17.0. The van der Waals surface area contributed by atoms with Crippen molar-refractivity contribution in [2.75, 3.05) is 25.0 Å². The molecule has 2 aromatic carbocycles. The monoisotopic (exact) mass is 443 g/mol. The molecule has 0 spiro atoms. The summed E-state index contributed by atoms with van der Waals surface area (Å²) in [6.45, 7) is 6.46. The van der Waals surface area contributed by atoms with Crippen molar-refractivity contribution in [2.45, 2.75) is 57.0 Å². The zero-order valence-corrected chi connectivity index (χ0v) is 19.5. The maximum absolute atomic E-state index is 12.8. The molecule has 1 aliphatic heterocycles. The molecule has 0 bridgehead atoms. The molecule has 3 rings (SSSR count). The van der Waals surface area contributed by atoms with Crippen LogP contribution < -0.4 is 9.62 Å². The van der Waals surface area contributed by atoms with Crippen LogP contribution in [0.25, 0.3) is 0 Å². The van der Waals surface area contributed by atoms with Crippen LogP contribution in [0.5, 0.6) is 0 Å². The van der Waals surface area contributed by atoms with E-state index in [-0.39, 0.29) is 16.8 Å². The molecule has 1 heterocycles. The Kier molecular flexibility index (Phi) is 7.73. The number of rotatable bonds is 8. The van der Waals surface area contributed by atoms with E-state index in [1.54, 1.807) is 24.1 Å². The molecule has 6 nitrogen and oxygen atoms in total. The van der Waals surface area contributed by atoms with Crippen LogP contribution in [-0.4, -0.2) is 45.4 Å². The predicted octanol–water partition coefficient (Wildman–Crippen LogP) is 4.03. The molecule has 1 unspecified atom stereocenters. The topological polar surface area (TPSA) is 69.7 Å². The second-order valence-corrected chi connectivity index (χ2v) is 10.0. The third-order valence-electron chi connectivity index (χ3n) is 5.80. The van der Waals surface area contributed by atoms with Crippen LogP contribution in [-0.2, 0) is 16.6 Å². The molecule has 1 saturated heterocycles. The predicted molar refractivity (Wildman–Crippen MR) is 125 cm³/mol. The van der Waals surface area contributed by atoms with E-state index in [1.165, 1.54) is 37.1 Å². The number of carbonyl (C=O) groups is 1. The van der Waals surface area contributed by atoms with Crippen molar-refractivity contribution >= 4 is 21.6 Å². The Morgan fingerprint density at radius 2 is 1.65 bits per heavy atom. The summed E-state index contributed by atoms with van der Waals surface area (Å²) in [6.07, 6.45) is 4.50. The van der Waals surface area contributed by atoms with Crippen LogP contribution in [0.15, 0.2) is 53.4 Å². The number of carbonyl (C=O) groups excluding carboxylic acids is 1. The van der Waals surface area contributed by atoms with Gasteiger partial charge in [-0.3, -0.25) is 4.79 Å². The summed E-state index contributed by atoms with van der Waals surface area (Å²) in [5, 5.41) is 0. The second kappa shape index (κ2) is 10.3. The normalized spacial score (nSPS) is 15.5. The third kappa shape index (κ3) is 6.08. The van der Waals surface area contributed by atoms with Crippen LogP contribution >= 0.6 is 0 Å². The molecule has 2 aromatic rings. The summed E-state index contributed by atoms with van der Waals surface area (Å²) < 4.78 is 27.4. The van der Waals surface area contributed by atoms with Gasteiger partial charge in [0.25, 0.3) is 5.91 Å². The van der Waals surface area contributed by atoms with E-state index in [2.05, 4.69) is 33.9 Å². The average Bonchev–Trinajstić information content (AvgIpc) is 2.79. The van der Waals surface area contributed by atoms with Gasteiger partial charge < -0.3 is 9.80 Å². The number of nitrogens with one attached hydrogen (secondary N) is 1. The fourth-order valence-electron chi connectivity index (χ4n) is 3.72. The highest BCUT2D eigenvalue weighted by molar-refractivity contribution is 7.89. The first kappa shape index (κ1) is 23.3. The minimum Gasteiger partial charge on any atom is -0.372 e. The van der Waals surface area contributed by atoms with Gasteiger partial charge >= 0.3 is 0 Å². The number of piperidine rings is 1. The largest absolute Gasteiger partial charge is 0.372 e. The van der Waals surface area contributed by atoms with E-state index < -0.39 is 10.0 Å². The Hall–Kier alpha value is -2.38. The Bertz CT molecular complexity index is 966. The van der Waals surface area contributed by atoms with Crippen LogP contribution in [0.2, 0.25) is 0 Å². The summed E-state index contributed by atoms with van der Waals surface area (Å²) in [7, 11) is -1.82. The highest BCUT2D eigenvalue weighted by Gasteiger charge is 2.18. The number of hydrogen-bond acceptors (Lipinski definition) is 4. The standard InChI is InChI=1S/C24H33N3O3S/c1-4-19(2)25-31(29,30)23-14-10-21(11-15-23)24(28)26(3)18-20-8-12-22(13-9-20)27-16-6-5-7-17-27/h8-15,19,25H,4-7,16-18H2,1-3H3. The van der Waals surface area contributed by atoms with Gasteiger partial charge in [0, 0.05) is 44.0 Å². The summed E-state index contributed by atoms with van der Waals surface area (Å²) in [6, 6.07) is 14.4. The highest BCUT2D eigenvalue weighted by atomic mass is 32.2. The molecule has 0 aliphatic carbocycles. The number of amides is 1. The van der Waals surface area contributed by atoms with Gasteiger partial charge in [0.15, 0.2) is 0 Å². The molecule has 0 radical (unpaired) electrons. The van der Waals surface area contributed by atoms with Gasteiger partial charge in [-0.25, -0.2) is 13.1 Å². The molecule has 1 amide bonds. The number of benzene rings is 2. The van der Waals surface area contributed by atoms with Gasteiger partial charge in [0.1, 0.15) is 0 Å². The lowest BCUT2D eigenvalue weighted by molar-refractivity contribution is 0.0785. The summed E-state index contributed by atoms with van der Waals surface area (Å²) in [5.74, 6) is -0.140. The van der Waals surface area contributed by atoms with Crippen LogP contribution in [0, 0.1) is 0 Å². The minimum absolute atomic E-state index is 0.140. The highest BCUT2D eigenvalue weighted by Crippen LogP contribution is 2.21. The summed E-state index contributed by atoms with van der Waals surface area (Å²) >= 11 is 0. The first-order chi connectivity index (χ1) is 14.8. The van der Waals surface area contributed by atoms with Crippen LogP contribution in [0.4, 0.5) is 5.69 Å².